The summed E-state index contributed by atoms with van der Waals surface area (Å²) in [5.74, 6) is -0.490. The minimum Gasteiger partial charge on any atom is -0.343 e. The number of carbonyl (C=O) groups is 2. The minimum atomic E-state index is -4.45. The molecular formula is C18H23ClF3N3O2. The summed E-state index contributed by atoms with van der Waals surface area (Å²) in [5.41, 5.74) is 0.262. The van der Waals surface area contributed by atoms with Crippen LogP contribution in [0.1, 0.15) is 36.0 Å². The molecule has 3 rings (SSSR count). The van der Waals surface area contributed by atoms with Gasteiger partial charge < -0.3 is 16.0 Å². The summed E-state index contributed by atoms with van der Waals surface area (Å²) in [6, 6.07) is 5.89. The Kier molecular flexibility index (Phi) is 6.75. The number of halogens is 4. The predicted octanol–water partition coefficient (Wildman–Crippen LogP) is 3.12. The lowest BCUT2D eigenvalue weighted by Gasteiger charge is -2.37. The zero-order valence-electron chi connectivity index (χ0n) is 14.7. The van der Waals surface area contributed by atoms with Gasteiger partial charge in [0.2, 0.25) is 5.91 Å². The van der Waals surface area contributed by atoms with Crippen molar-refractivity contribution in [3.05, 3.63) is 29.8 Å². The molecule has 1 saturated carbocycles. The van der Waals surface area contributed by atoms with E-state index in [0.29, 0.717) is 18.2 Å². The predicted molar refractivity (Wildman–Crippen MR) is 98.0 cm³/mol. The Balaban J connectivity index is 0.00000261. The first-order valence-electron chi connectivity index (χ1n) is 8.77. The molecule has 1 aliphatic carbocycles. The third-order valence-corrected chi connectivity index (χ3v) is 5.34. The van der Waals surface area contributed by atoms with E-state index in [1.165, 1.54) is 24.3 Å². The SMILES string of the molecule is Cl.O=C(NCC(F)(F)F)c1ccc(NC(=O)[C@@]23CCCC[C@H]2CNC3)cc1. The van der Waals surface area contributed by atoms with Crippen molar-refractivity contribution >= 4 is 29.9 Å². The maximum Gasteiger partial charge on any atom is 0.405 e. The molecule has 1 saturated heterocycles. The topological polar surface area (TPSA) is 70.2 Å². The van der Waals surface area contributed by atoms with Gasteiger partial charge in [-0.25, -0.2) is 0 Å². The number of fused-ring (bicyclic) bond motifs is 1. The molecule has 1 aromatic carbocycles. The number of nitrogens with one attached hydrogen (secondary N) is 3. The molecule has 27 heavy (non-hydrogen) atoms. The van der Waals surface area contributed by atoms with Gasteiger partial charge in [0, 0.05) is 17.8 Å². The molecule has 3 N–H and O–H groups in total. The number of carbonyl (C=O) groups excluding carboxylic acids is 2. The van der Waals surface area contributed by atoms with Gasteiger partial charge in [-0.15, -0.1) is 12.4 Å². The van der Waals surface area contributed by atoms with Gasteiger partial charge >= 0.3 is 6.18 Å². The molecular weight excluding hydrogens is 383 g/mol. The smallest absolute Gasteiger partial charge is 0.343 e. The Labute approximate surface area is 161 Å². The molecule has 5 nitrogen and oxygen atoms in total. The van der Waals surface area contributed by atoms with Crippen molar-refractivity contribution in [3.63, 3.8) is 0 Å². The van der Waals surface area contributed by atoms with E-state index in [-0.39, 0.29) is 29.3 Å². The molecule has 0 radical (unpaired) electrons. The van der Waals surface area contributed by atoms with Gasteiger partial charge in [-0.1, -0.05) is 12.8 Å². The van der Waals surface area contributed by atoms with Gasteiger partial charge in [-0.05, 0) is 49.6 Å². The highest BCUT2D eigenvalue weighted by atomic mass is 35.5. The zero-order chi connectivity index (χ0) is 18.8. The number of rotatable bonds is 4. The third kappa shape index (κ3) is 4.93. The van der Waals surface area contributed by atoms with Crippen molar-refractivity contribution in [2.45, 2.75) is 31.9 Å². The van der Waals surface area contributed by atoms with Crippen molar-refractivity contribution in [1.29, 1.82) is 0 Å². The van der Waals surface area contributed by atoms with Crippen LogP contribution in [0, 0.1) is 11.3 Å². The van der Waals surface area contributed by atoms with Crippen molar-refractivity contribution in [3.8, 4) is 0 Å². The fraction of sp³-hybridized carbons (Fsp3) is 0.556. The first-order valence-corrected chi connectivity index (χ1v) is 8.77. The van der Waals surface area contributed by atoms with E-state index in [2.05, 4.69) is 10.6 Å². The van der Waals surface area contributed by atoms with Crippen LogP contribution >= 0.6 is 12.4 Å². The highest BCUT2D eigenvalue weighted by Crippen LogP contribution is 2.44. The molecule has 1 heterocycles. The number of benzene rings is 1. The van der Waals surface area contributed by atoms with Gasteiger partial charge in [0.1, 0.15) is 6.54 Å². The van der Waals surface area contributed by atoms with E-state index in [4.69, 9.17) is 0 Å². The number of alkyl halides is 3. The number of hydrogen-bond donors (Lipinski definition) is 3. The Morgan fingerprint density at radius 3 is 2.56 bits per heavy atom. The average Bonchev–Trinajstić information content (AvgIpc) is 3.05. The Morgan fingerprint density at radius 2 is 1.89 bits per heavy atom. The largest absolute Gasteiger partial charge is 0.405 e. The van der Waals surface area contributed by atoms with Crippen LogP contribution in [0.25, 0.3) is 0 Å². The standard InChI is InChI=1S/C18H22F3N3O2.ClH/c19-18(20,21)11-23-15(25)12-4-6-14(7-5-12)24-16(26)17-8-2-1-3-13(17)9-22-10-17;/h4-7,13,22H,1-3,8-11H2,(H,23,25)(H,24,26);1H/t13-,17+;/m0./s1. The first-order chi connectivity index (χ1) is 12.3. The normalized spacial score (nSPS) is 24.5. The molecule has 150 valence electrons. The second kappa shape index (κ2) is 8.48. The van der Waals surface area contributed by atoms with Crippen LogP contribution in [0.15, 0.2) is 24.3 Å². The fourth-order valence-corrected chi connectivity index (χ4v) is 3.93. The Morgan fingerprint density at radius 1 is 1.19 bits per heavy atom. The van der Waals surface area contributed by atoms with Crippen LogP contribution in [0.3, 0.4) is 0 Å². The first kappa shape index (κ1) is 21.5. The lowest BCUT2D eigenvalue weighted by atomic mass is 9.67. The lowest BCUT2D eigenvalue weighted by Crippen LogP contribution is -2.44. The summed E-state index contributed by atoms with van der Waals surface area (Å²) < 4.78 is 36.5. The quantitative estimate of drug-likeness (QED) is 0.720. The fourth-order valence-electron chi connectivity index (χ4n) is 3.93. The molecule has 2 fully saturated rings. The van der Waals surface area contributed by atoms with Gasteiger partial charge in [0.25, 0.3) is 5.91 Å². The summed E-state index contributed by atoms with van der Waals surface area (Å²) in [6.45, 7) is 0.147. The van der Waals surface area contributed by atoms with Gasteiger partial charge in [-0.2, -0.15) is 13.2 Å². The van der Waals surface area contributed by atoms with Gasteiger partial charge in [0.15, 0.2) is 0 Å². The molecule has 2 atom stereocenters. The van der Waals surface area contributed by atoms with E-state index >= 15 is 0 Å². The third-order valence-electron chi connectivity index (χ3n) is 5.34. The van der Waals surface area contributed by atoms with Crippen molar-refractivity contribution in [2.75, 3.05) is 25.0 Å². The Hall–Kier alpha value is -1.80. The Bertz CT molecular complexity index is 681. The van der Waals surface area contributed by atoms with Crippen molar-refractivity contribution < 1.29 is 22.8 Å². The van der Waals surface area contributed by atoms with Crippen molar-refractivity contribution in [2.24, 2.45) is 11.3 Å². The van der Waals surface area contributed by atoms with Crippen LogP contribution in [0.2, 0.25) is 0 Å². The lowest BCUT2D eigenvalue weighted by molar-refractivity contribution is -0.128. The molecule has 0 unspecified atom stereocenters. The molecule has 0 bridgehead atoms. The van der Waals surface area contributed by atoms with Crippen LogP contribution in [0.4, 0.5) is 18.9 Å². The van der Waals surface area contributed by atoms with E-state index in [0.717, 1.165) is 32.2 Å². The van der Waals surface area contributed by atoms with Gasteiger partial charge in [0.05, 0.1) is 5.41 Å². The summed E-state index contributed by atoms with van der Waals surface area (Å²) in [6.07, 6.45) is -0.380. The second-order valence-electron chi connectivity index (χ2n) is 7.06. The van der Waals surface area contributed by atoms with E-state index in [9.17, 15) is 22.8 Å². The second-order valence-corrected chi connectivity index (χ2v) is 7.06. The van der Waals surface area contributed by atoms with Crippen LogP contribution in [-0.2, 0) is 4.79 Å². The van der Waals surface area contributed by atoms with Crippen LogP contribution in [0.5, 0.6) is 0 Å². The molecule has 1 aliphatic heterocycles. The van der Waals surface area contributed by atoms with E-state index in [1.807, 2.05) is 5.32 Å². The zero-order valence-corrected chi connectivity index (χ0v) is 15.5. The molecule has 0 aromatic heterocycles. The number of anilines is 1. The average molecular weight is 406 g/mol. The monoisotopic (exact) mass is 405 g/mol. The summed E-state index contributed by atoms with van der Waals surface area (Å²) in [5, 5.41) is 8.04. The van der Waals surface area contributed by atoms with Crippen LogP contribution in [-0.4, -0.2) is 37.6 Å². The number of amides is 2. The summed E-state index contributed by atoms with van der Waals surface area (Å²) in [7, 11) is 0. The summed E-state index contributed by atoms with van der Waals surface area (Å²) >= 11 is 0. The van der Waals surface area contributed by atoms with Crippen LogP contribution < -0.4 is 16.0 Å². The van der Waals surface area contributed by atoms with Gasteiger partial charge in [-0.3, -0.25) is 9.59 Å². The highest BCUT2D eigenvalue weighted by Gasteiger charge is 2.49. The molecule has 0 spiro atoms. The summed E-state index contributed by atoms with van der Waals surface area (Å²) in [4.78, 5) is 24.6. The number of hydrogen-bond acceptors (Lipinski definition) is 3. The molecule has 1 aromatic rings. The van der Waals surface area contributed by atoms with E-state index in [1.54, 1.807) is 0 Å². The molecule has 9 heteroatoms. The minimum absolute atomic E-state index is 0. The highest BCUT2D eigenvalue weighted by molar-refractivity contribution is 5.98. The molecule has 2 aliphatic rings. The van der Waals surface area contributed by atoms with E-state index < -0.39 is 18.6 Å². The maximum absolute atomic E-state index is 12.8. The molecule has 2 amide bonds. The van der Waals surface area contributed by atoms with Crippen molar-refractivity contribution in [1.82, 2.24) is 10.6 Å². The maximum atomic E-state index is 12.8.